The fourth-order valence-corrected chi connectivity index (χ4v) is 1.93. The summed E-state index contributed by atoms with van der Waals surface area (Å²) >= 11 is 0. The minimum Gasteiger partial charge on any atom is -0.466 e. The van der Waals surface area contributed by atoms with E-state index in [0.29, 0.717) is 13.0 Å². The zero-order valence-corrected chi connectivity index (χ0v) is 10.7. The van der Waals surface area contributed by atoms with Gasteiger partial charge in [0.15, 0.2) is 0 Å². The molecule has 94 valence electrons. The molecule has 2 aromatic rings. The number of esters is 1. The molecular formula is C15H17NO2. The third kappa shape index (κ3) is 2.80. The lowest BCUT2D eigenvalue weighted by Gasteiger charge is -2.02. The Kier molecular flexibility index (Phi) is 3.82. The van der Waals surface area contributed by atoms with Crippen molar-refractivity contribution in [1.29, 1.82) is 0 Å². The van der Waals surface area contributed by atoms with Crippen LogP contribution in [0.25, 0.3) is 11.1 Å². The summed E-state index contributed by atoms with van der Waals surface area (Å²) in [5.74, 6) is -0.182. The van der Waals surface area contributed by atoms with Crippen LogP contribution >= 0.6 is 0 Å². The second kappa shape index (κ2) is 5.54. The van der Waals surface area contributed by atoms with E-state index < -0.39 is 0 Å². The molecule has 0 atom stereocenters. The average molecular weight is 243 g/mol. The van der Waals surface area contributed by atoms with Crippen molar-refractivity contribution in [2.75, 3.05) is 6.61 Å². The second-order valence-corrected chi connectivity index (χ2v) is 4.18. The zero-order chi connectivity index (χ0) is 13.0. The number of aromatic nitrogens is 1. The van der Waals surface area contributed by atoms with Crippen molar-refractivity contribution < 1.29 is 9.53 Å². The quantitative estimate of drug-likeness (QED) is 0.773. The number of rotatable bonds is 4. The lowest BCUT2D eigenvalue weighted by atomic mass is 10.1. The molecule has 0 radical (unpaired) electrons. The van der Waals surface area contributed by atoms with E-state index in [1.165, 1.54) is 0 Å². The van der Waals surface area contributed by atoms with Crippen LogP contribution < -0.4 is 0 Å². The zero-order valence-electron chi connectivity index (χ0n) is 10.7. The standard InChI is InChI=1S/C15H17NO2/c1-3-18-15(17)10-14-9-13(11-16(14)2)12-7-5-4-6-8-12/h4-9,11H,3,10H2,1-2H3. The van der Waals surface area contributed by atoms with Gasteiger partial charge in [-0.05, 0) is 24.1 Å². The van der Waals surface area contributed by atoms with Crippen molar-refractivity contribution in [2.24, 2.45) is 7.05 Å². The maximum Gasteiger partial charge on any atom is 0.311 e. The average Bonchev–Trinajstić information content (AvgIpc) is 2.72. The highest BCUT2D eigenvalue weighted by Gasteiger charge is 2.09. The number of aryl methyl sites for hydroxylation is 1. The molecule has 1 aromatic heterocycles. The Morgan fingerprint density at radius 3 is 2.61 bits per heavy atom. The molecule has 0 saturated carbocycles. The van der Waals surface area contributed by atoms with Crippen LogP contribution in [0, 0.1) is 0 Å². The highest BCUT2D eigenvalue weighted by Crippen LogP contribution is 2.21. The molecule has 0 aliphatic rings. The van der Waals surface area contributed by atoms with Crippen LogP contribution in [-0.4, -0.2) is 17.1 Å². The molecule has 1 aromatic carbocycles. The summed E-state index contributed by atoms with van der Waals surface area (Å²) in [7, 11) is 1.95. The summed E-state index contributed by atoms with van der Waals surface area (Å²) in [6.07, 6.45) is 2.35. The topological polar surface area (TPSA) is 31.2 Å². The number of ether oxygens (including phenoxy) is 1. The van der Waals surface area contributed by atoms with Crippen molar-refractivity contribution in [2.45, 2.75) is 13.3 Å². The van der Waals surface area contributed by atoms with Crippen LogP contribution in [0.15, 0.2) is 42.6 Å². The molecule has 3 heteroatoms. The monoisotopic (exact) mass is 243 g/mol. The minimum absolute atomic E-state index is 0.182. The Balaban J connectivity index is 2.20. The normalized spacial score (nSPS) is 10.3. The van der Waals surface area contributed by atoms with Gasteiger partial charge in [0.25, 0.3) is 0 Å². The van der Waals surface area contributed by atoms with E-state index in [-0.39, 0.29) is 5.97 Å². The summed E-state index contributed by atoms with van der Waals surface area (Å²) in [4.78, 5) is 11.5. The van der Waals surface area contributed by atoms with E-state index in [1.807, 2.05) is 49.0 Å². The maximum atomic E-state index is 11.5. The molecule has 18 heavy (non-hydrogen) atoms. The van der Waals surface area contributed by atoms with Gasteiger partial charge in [-0.1, -0.05) is 30.3 Å². The van der Waals surface area contributed by atoms with Gasteiger partial charge in [0.2, 0.25) is 0 Å². The summed E-state index contributed by atoms with van der Waals surface area (Å²) in [6.45, 7) is 2.24. The second-order valence-electron chi connectivity index (χ2n) is 4.18. The molecule has 0 N–H and O–H groups in total. The first kappa shape index (κ1) is 12.4. The van der Waals surface area contributed by atoms with E-state index in [4.69, 9.17) is 4.74 Å². The molecule has 0 saturated heterocycles. The first-order chi connectivity index (χ1) is 8.70. The predicted octanol–water partition coefficient (Wildman–Crippen LogP) is 2.80. The van der Waals surface area contributed by atoms with Crippen LogP contribution in [0.4, 0.5) is 0 Å². The highest BCUT2D eigenvalue weighted by atomic mass is 16.5. The summed E-state index contributed by atoms with van der Waals surface area (Å²) in [6, 6.07) is 12.2. The van der Waals surface area contributed by atoms with Gasteiger partial charge in [-0.2, -0.15) is 0 Å². The Labute approximate surface area is 107 Å². The Morgan fingerprint density at radius 2 is 1.94 bits per heavy atom. The molecule has 0 amide bonds. The number of carbonyl (C=O) groups excluding carboxylic acids is 1. The van der Waals surface area contributed by atoms with Crippen LogP contribution in [0.5, 0.6) is 0 Å². The van der Waals surface area contributed by atoms with Gasteiger partial charge in [0.05, 0.1) is 13.0 Å². The summed E-state index contributed by atoms with van der Waals surface area (Å²) in [5.41, 5.74) is 3.24. The molecule has 0 fully saturated rings. The van der Waals surface area contributed by atoms with Crippen LogP contribution in [-0.2, 0) is 23.0 Å². The van der Waals surface area contributed by atoms with Gasteiger partial charge in [0, 0.05) is 18.9 Å². The Morgan fingerprint density at radius 1 is 1.22 bits per heavy atom. The van der Waals surface area contributed by atoms with Crippen molar-refractivity contribution in [3.05, 3.63) is 48.3 Å². The highest BCUT2D eigenvalue weighted by molar-refractivity contribution is 5.73. The van der Waals surface area contributed by atoms with Crippen molar-refractivity contribution >= 4 is 5.97 Å². The van der Waals surface area contributed by atoms with E-state index in [9.17, 15) is 4.79 Å². The Bertz CT molecular complexity index is 529. The van der Waals surface area contributed by atoms with Gasteiger partial charge < -0.3 is 9.30 Å². The van der Waals surface area contributed by atoms with Crippen LogP contribution in [0.3, 0.4) is 0 Å². The summed E-state index contributed by atoms with van der Waals surface area (Å²) in [5, 5.41) is 0. The van der Waals surface area contributed by atoms with Gasteiger partial charge >= 0.3 is 5.97 Å². The van der Waals surface area contributed by atoms with E-state index in [0.717, 1.165) is 16.8 Å². The number of benzene rings is 1. The lowest BCUT2D eigenvalue weighted by molar-refractivity contribution is -0.142. The number of hydrogen-bond acceptors (Lipinski definition) is 2. The van der Waals surface area contributed by atoms with Crippen molar-refractivity contribution in [3.8, 4) is 11.1 Å². The molecular weight excluding hydrogens is 226 g/mol. The molecule has 0 spiro atoms. The lowest BCUT2D eigenvalue weighted by Crippen LogP contribution is -2.09. The van der Waals surface area contributed by atoms with Gasteiger partial charge in [-0.3, -0.25) is 4.79 Å². The van der Waals surface area contributed by atoms with Crippen LogP contribution in [0.2, 0.25) is 0 Å². The third-order valence-electron chi connectivity index (χ3n) is 2.85. The van der Waals surface area contributed by atoms with Crippen molar-refractivity contribution in [3.63, 3.8) is 0 Å². The number of carbonyl (C=O) groups is 1. The van der Waals surface area contributed by atoms with Gasteiger partial charge in [-0.25, -0.2) is 0 Å². The first-order valence-corrected chi connectivity index (χ1v) is 6.07. The SMILES string of the molecule is CCOC(=O)Cc1cc(-c2ccccc2)cn1C. The van der Waals surface area contributed by atoms with Gasteiger partial charge in [-0.15, -0.1) is 0 Å². The molecule has 1 heterocycles. The summed E-state index contributed by atoms with van der Waals surface area (Å²) < 4.78 is 6.93. The van der Waals surface area contributed by atoms with Crippen LogP contribution in [0.1, 0.15) is 12.6 Å². The Hall–Kier alpha value is -2.03. The third-order valence-corrected chi connectivity index (χ3v) is 2.85. The van der Waals surface area contributed by atoms with E-state index >= 15 is 0 Å². The molecule has 3 nitrogen and oxygen atoms in total. The molecule has 0 aliphatic heterocycles. The fraction of sp³-hybridized carbons (Fsp3) is 0.267. The molecule has 0 bridgehead atoms. The molecule has 0 aliphatic carbocycles. The van der Waals surface area contributed by atoms with Crippen molar-refractivity contribution in [1.82, 2.24) is 4.57 Å². The maximum absolute atomic E-state index is 11.5. The van der Waals surface area contributed by atoms with E-state index in [1.54, 1.807) is 0 Å². The number of hydrogen-bond donors (Lipinski definition) is 0. The van der Waals surface area contributed by atoms with E-state index in [2.05, 4.69) is 12.1 Å². The molecule has 2 rings (SSSR count). The predicted molar refractivity (Wildman–Crippen MR) is 71.2 cm³/mol. The minimum atomic E-state index is -0.182. The largest absolute Gasteiger partial charge is 0.466 e. The van der Waals surface area contributed by atoms with Gasteiger partial charge in [0.1, 0.15) is 0 Å². The number of nitrogens with zero attached hydrogens (tertiary/aromatic N) is 1. The first-order valence-electron chi connectivity index (χ1n) is 6.07. The smallest absolute Gasteiger partial charge is 0.311 e. The fourth-order valence-electron chi connectivity index (χ4n) is 1.93. The molecule has 0 unspecified atom stereocenters.